The van der Waals surface area contributed by atoms with Gasteiger partial charge in [-0.25, -0.2) is 0 Å². The predicted molar refractivity (Wildman–Crippen MR) is 61.5 cm³/mol. The summed E-state index contributed by atoms with van der Waals surface area (Å²) in [5.41, 5.74) is -0.163. The number of nitrogens with zero attached hydrogens (tertiary/aromatic N) is 1. The lowest BCUT2D eigenvalue weighted by atomic mass is 9.82. The Kier molecular flexibility index (Phi) is 3.18. The minimum absolute atomic E-state index is 0.131. The highest BCUT2D eigenvalue weighted by atomic mass is 16.2. The third kappa shape index (κ3) is 2.07. The molecule has 3 nitrogen and oxygen atoms in total. The van der Waals surface area contributed by atoms with E-state index in [1.54, 1.807) is 0 Å². The van der Waals surface area contributed by atoms with Crippen LogP contribution in [0, 0.1) is 22.7 Å². The van der Waals surface area contributed by atoms with Crippen molar-refractivity contribution in [3.63, 3.8) is 0 Å². The lowest BCUT2D eigenvalue weighted by Crippen LogP contribution is -2.44. The van der Waals surface area contributed by atoms with Crippen LogP contribution >= 0.6 is 0 Å². The summed E-state index contributed by atoms with van der Waals surface area (Å²) in [6.45, 7) is 2.09. The van der Waals surface area contributed by atoms with E-state index < -0.39 is 0 Å². The molecule has 2 aliphatic carbocycles. The van der Waals surface area contributed by atoms with Crippen molar-refractivity contribution in [2.45, 2.75) is 57.9 Å². The second-order valence-corrected chi connectivity index (χ2v) is 5.26. The minimum Gasteiger partial charge on any atom is -0.340 e. The van der Waals surface area contributed by atoms with E-state index in [1.807, 2.05) is 0 Å². The highest BCUT2D eigenvalue weighted by molar-refractivity contribution is 5.83. The molecule has 2 fully saturated rings. The number of carbonyl (C=O) groups is 1. The maximum Gasteiger partial charge on any atom is 0.227 e. The summed E-state index contributed by atoms with van der Waals surface area (Å²) in [7, 11) is 0. The molecule has 0 saturated heterocycles. The molecule has 1 amide bonds. The van der Waals surface area contributed by atoms with Gasteiger partial charge >= 0.3 is 0 Å². The van der Waals surface area contributed by atoms with Gasteiger partial charge in [0.1, 0.15) is 6.04 Å². The summed E-state index contributed by atoms with van der Waals surface area (Å²) in [6, 6.07) is 1.99. The van der Waals surface area contributed by atoms with Crippen molar-refractivity contribution in [1.82, 2.24) is 5.32 Å². The number of carbonyl (C=O) groups excluding carboxylic acids is 1. The molecule has 0 aliphatic heterocycles. The van der Waals surface area contributed by atoms with Gasteiger partial charge in [0, 0.05) is 5.41 Å². The molecule has 0 aromatic rings. The highest BCUT2D eigenvalue weighted by Crippen LogP contribution is 2.42. The van der Waals surface area contributed by atoms with Crippen LogP contribution in [0.4, 0.5) is 0 Å². The maximum atomic E-state index is 12.2. The van der Waals surface area contributed by atoms with Crippen molar-refractivity contribution in [1.29, 1.82) is 5.26 Å². The van der Waals surface area contributed by atoms with E-state index in [0.29, 0.717) is 5.92 Å². The zero-order valence-electron chi connectivity index (χ0n) is 9.96. The fraction of sp³-hybridized carbons (Fsp3) is 0.846. The lowest BCUT2D eigenvalue weighted by molar-refractivity contribution is -0.131. The third-order valence-corrected chi connectivity index (χ3v) is 4.24. The molecule has 0 heterocycles. The Morgan fingerprint density at radius 1 is 1.50 bits per heavy atom. The first-order chi connectivity index (χ1) is 7.72. The average molecular weight is 220 g/mol. The first kappa shape index (κ1) is 11.4. The van der Waals surface area contributed by atoms with Crippen LogP contribution < -0.4 is 5.32 Å². The van der Waals surface area contributed by atoms with E-state index in [-0.39, 0.29) is 17.4 Å². The van der Waals surface area contributed by atoms with Gasteiger partial charge in [-0.2, -0.15) is 5.26 Å². The molecule has 88 valence electrons. The first-order valence-corrected chi connectivity index (χ1v) is 6.42. The minimum atomic E-state index is -0.239. The molecule has 0 radical (unpaired) electrons. The van der Waals surface area contributed by atoms with E-state index >= 15 is 0 Å². The fourth-order valence-electron chi connectivity index (χ4n) is 2.77. The van der Waals surface area contributed by atoms with Crippen LogP contribution in [0.3, 0.4) is 0 Å². The lowest BCUT2D eigenvalue weighted by Gasteiger charge is -2.27. The topological polar surface area (TPSA) is 52.9 Å². The number of nitrogens with one attached hydrogen (secondary N) is 1. The van der Waals surface area contributed by atoms with Crippen LogP contribution in [0.1, 0.15) is 51.9 Å². The van der Waals surface area contributed by atoms with Gasteiger partial charge in [0.2, 0.25) is 5.91 Å². The first-order valence-electron chi connectivity index (χ1n) is 6.42. The Morgan fingerprint density at radius 3 is 2.56 bits per heavy atom. The van der Waals surface area contributed by atoms with Gasteiger partial charge in [-0.1, -0.05) is 19.8 Å². The normalized spacial score (nSPS) is 24.8. The summed E-state index contributed by atoms with van der Waals surface area (Å²) in [6.07, 6.45) is 7.40. The van der Waals surface area contributed by atoms with Gasteiger partial charge in [-0.3, -0.25) is 4.79 Å². The van der Waals surface area contributed by atoms with Crippen LogP contribution in [0.15, 0.2) is 0 Å². The van der Waals surface area contributed by atoms with Crippen LogP contribution in [0.5, 0.6) is 0 Å². The molecule has 2 rings (SSSR count). The van der Waals surface area contributed by atoms with Gasteiger partial charge in [-0.05, 0) is 38.0 Å². The number of nitriles is 1. The van der Waals surface area contributed by atoms with Crippen molar-refractivity contribution in [3.05, 3.63) is 0 Å². The van der Waals surface area contributed by atoms with E-state index in [0.717, 1.165) is 44.9 Å². The molecule has 3 heteroatoms. The molecular formula is C13H20N2O. The van der Waals surface area contributed by atoms with Crippen LogP contribution in [0.25, 0.3) is 0 Å². The zero-order valence-corrected chi connectivity index (χ0v) is 9.96. The summed E-state index contributed by atoms with van der Waals surface area (Å²) in [5.74, 6) is 0.551. The van der Waals surface area contributed by atoms with Crippen molar-refractivity contribution >= 4 is 5.91 Å². The maximum absolute atomic E-state index is 12.2. The van der Waals surface area contributed by atoms with Crippen molar-refractivity contribution in [2.24, 2.45) is 11.3 Å². The van der Waals surface area contributed by atoms with Gasteiger partial charge in [-0.15, -0.1) is 0 Å². The molecule has 1 unspecified atom stereocenters. The fourth-order valence-corrected chi connectivity index (χ4v) is 2.77. The summed E-state index contributed by atoms with van der Waals surface area (Å²) in [4.78, 5) is 12.2. The van der Waals surface area contributed by atoms with Crippen LogP contribution in [-0.2, 0) is 4.79 Å². The molecule has 2 aliphatic rings. The standard InChI is InChI=1S/C13H20N2O/c1-2-13(7-3-4-8-13)12(16)15-11(9-14)10-5-6-10/h10-11H,2-8H2,1H3,(H,15,16). The molecule has 2 saturated carbocycles. The Morgan fingerprint density at radius 2 is 2.12 bits per heavy atom. The molecule has 1 atom stereocenters. The molecule has 0 aromatic carbocycles. The van der Waals surface area contributed by atoms with E-state index in [9.17, 15) is 4.79 Å². The third-order valence-electron chi connectivity index (χ3n) is 4.24. The largest absolute Gasteiger partial charge is 0.340 e. The van der Waals surface area contributed by atoms with Crippen molar-refractivity contribution in [3.8, 4) is 6.07 Å². The number of hydrogen-bond donors (Lipinski definition) is 1. The van der Waals surface area contributed by atoms with Crippen molar-refractivity contribution < 1.29 is 4.79 Å². The van der Waals surface area contributed by atoms with E-state index in [1.165, 1.54) is 0 Å². The van der Waals surface area contributed by atoms with Crippen molar-refractivity contribution in [2.75, 3.05) is 0 Å². The molecule has 1 N–H and O–H groups in total. The predicted octanol–water partition coefficient (Wildman–Crippen LogP) is 2.38. The summed E-state index contributed by atoms with van der Waals surface area (Å²) >= 11 is 0. The summed E-state index contributed by atoms with van der Waals surface area (Å²) < 4.78 is 0. The number of rotatable bonds is 4. The Balaban J connectivity index is 1.98. The molecular weight excluding hydrogens is 200 g/mol. The summed E-state index contributed by atoms with van der Waals surface area (Å²) in [5, 5.41) is 12.0. The van der Waals surface area contributed by atoms with Gasteiger partial charge in [0.15, 0.2) is 0 Å². The molecule has 0 spiro atoms. The highest BCUT2D eigenvalue weighted by Gasteiger charge is 2.42. The smallest absolute Gasteiger partial charge is 0.227 e. The van der Waals surface area contributed by atoms with E-state index in [4.69, 9.17) is 5.26 Å². The van der Waals surface area contributed by atoms with Gasteiger partial charge in [0.05, 0.1) is 6.07 Å². The molecule has 16 heavy (non-hydrogen) atoms. The molecule has 0 bridgehead atoms. The number of hydrogen-bond acceptors (Lipinski definition) is 2. The number of amides is 1. The Labute approximate surface area is 97.2 Å². The second kappa shape index (κ2) is 4.45. The van der Waals surface area contributed by atoms with Gasteiger partial charge < -0.3 is 5.32 Å². The SMILES string of the molecule is CCC1(C(=O)NC(C#N)C2CC2)CCCC1. The quantitative estimate of drug-likeness (QED) is 0.790. The van der Waals surface area contributed by atoms with E-state index in [2.05, 4.69) is 18.3 Å². The second-order valence-electron chi connectivity index (χ2n) is 5.26. The monoisotopic (exact) mass is 220 g/mol. The molecule has 0 aromatic heterocycles. The average Bonchev–Trinajstić information content (AvgIpc) is 3.02. The van der Waals surface area contributed by atoms with Gasteiger partial charge in [0.25, 0.3) is 0 Å². The van der Waals surface area contributed by atoms with Crippen LogP contribution in [0.2, 0.25) is 0 Å². The zero-order chi connectivity index (χ0) is 11.6. The Hall–Kier alpha value is -1.04. The van der Waals surface area contributed by atoms with Crippen LogP contribution in [-0.4, -0.2) is 11.9 Å². The Bertz CT molecular complexity index is 308.